The molecule has 1 aromatic rings. The van der Waals surface area contributed by atoms with Crippen LogP contribution in [0.2, 0.25) is 0 Å². The van der Waals surface area contributed by atoms with Gasteiger partial charge in [0.25, 0.3) is 0 Å². The summed E-state index contributed by atoms with van der Waals surface area (Å²) in [6, 6.07) is 1.93. The molecule has 0 N–H and O–H groups in total. The van der Waals surface area contributed by atoms with Gasteiger partial charge in [-0.2, -0.15) is 5.26 Å². The minimum absolute atomic E-state index is 0.387. The van der Waals surface area contributed by atoms with Crippen LogP contribution in [0.1, 0.15) is 10.7 Å². The number of rotatable bonds is 1. The van der Waals surface area contributed by atoms with Gasteiger partial charge in [0.15, 0.2) is 5.01 Å². The zero-order chi connectivity index (χ0) is 6.69. The van der Waals surface area contributed by atoms with Crippen molar-refractivity contribution in [1.29, 1.82) is 5.26 Å². The van der Waals surface area contributed by atoms with E-state index in [1.165, 1.54) is 11.3 Å². The van der Waals surface area contributed by atoms with Gasteiger partial charge in [0.1, 0.15) is 6.07 Å². The molecule has 0 fully saturated rings. The Kier molecular flexibility index (Phi) is 2.04. The topological polar surface area (TPSA) is 36.7 Å². The molecule has 1 heterocycles. The van der Waals surface area contributed by atoms with Gasteiger partial charge < -0.3 is 0 Å². The molecular formula is C5H3ClN2S. The summed E-state index contributed by atoms with van der Waals surface area (Å²) in [5.74, 6) is 0.387. The molecule has 46 valence electrons. The van der Waals surface area contributed by atoms with Crippen molar-refractivity contribution in [3.05, 3.63) is 16.1 Å². The van der Waals surface area contributed by atoms with Crippen LogP contribution >= 0.6 is 22.9 Å². The van der Waals surface area contributed by atoms with Crippen molar-refractivity contribution >= 4 is 22.9 Å². The molecule has 2 nitrogen and oxygen atoms in total. The summed E-state index contributed by atoms with van der Waals surface area (Å²) in [7, 11) is 0. The summed E-state index contributed by atoms with van der Waals surface area (Å²) in [6.07, 6.45) is 0. The molecule has 0 atom stereocenters. The first-order chi connectivity index (χ1) is 4.36. The lowest BCUT2D eigenvalue weighted by Gasteiger charge is -1.76. The maximum absolute atomic E-state index is 8.30. The average Bonchev–Trinajstić information content (AvgIpc) is 2.34. The highest BCUT2D eigenvalue weighted by Gasteiger charge is 1.96. The summed E-state index contributed by atoms with van der Waals surface area (Å²) in [6.45, 7) is 0. The molecule has 4 heteroatoms. The third-order valence-electron chi connectivity index (χ3n) is 0.784. The Morgan fingerprint density at radius 3 is 3.00 bits per heavy atom. The van der Waals surface area contributed by atoms with E-state index in [-0.39, 0.29) is 0 Å². The van der Waals surface area contributed by atoms with E-state index in [9.17, 15) is 0 Å². The Bertz CT molecular complexity index is 237. The van der Waals surface area contributed by atoms with Gasteiger partial charge in [-0.15, -0.1) is 22.9 Å². The predicted octanol–water partition coefficient (Wildman–Crippen LogP) is 1.75. The number of nitriles is 1. The molecule has 0 aromatic carbocycles. The molecule has 1 aromatic heterocycles. The van der Waals surface area contributed by atoms with Gasteiger partial charge in [-0.25, -0.2) is 4.98 Å². The van der Waals surface area contributed by atoms with E-state index in [2.05, 4.69) is 4.98 Å². The molecule has 9 heavy (non-hydrogen) atoms. The third-order valence-corrected chi connectivity index (χ3v) is 1.85. The SMILES string of the molecule is N#Cc1nc(CCl)cs1. The Morgan fingerprint density at radius 2 is 2.67 bits per heavy atom. The van der Waals surface area contributed by atoms with Crippen LogP contribution in [0, 0.1) is 11.3 Å². The smallest absolute Gasteiger partial charge is 0.194 e. The molecule has 0 radical (unpaired) electrons. The highest BCUT2D eigenvalue weighted by molar-refractivity contribution is 7.10. The number of hydrogen-bond donors (Lipinski definition) is 0. The Morgan fingerprint density at radius 1 is 1.89 bits per heavy atom. The molecule has 0 saturated carbocycles. The number of halogens is 1. The fourth-order valence-corrected chi connectivity index (χ4v) is 1.25. The number of aromatic nitrogens is 1. The van der Waals surface area contributed by atoms with Gasteiger partial charge >= 0.3 is 0 Å². The van der Waals surface area contributed by atoms with E-state index in [4.69, 9.17) is 16.9 Å². The largest absolute Gasteiger partial charge is 0.230 e. The quantitative estimate of drug-likeness (QED) is 0.584. The zero-order valence-corrected chi connectivity index (χ0v) is 6.04. The lowest BCUT2D eigenvalue weighted by molar-refractivity contribution is 1.20. The molecule has 0 amide bonds. The zero-order valence-electron chi connectivity index (χ0n) is 4.47. The maximum Gasteiger partial charge on any atom is 0.194 e. The normalized spacial score (nSPS) is 8.89. The Balaban J connectivity index is 2.90. The van der Waals surface area contributed by atoms with Crippen LogP contribution in [0.25, 0.3) is 0 Å². The second kappa shape index (κ2) is 2.81. The Hall–Kier alpha value is -0.590. The number of nitrogens with zero attached hydrogens (tertiary/aromatic N) is 2. The second-order valence-electron chi connectivity index (χ2n) is 1.39. The second-order valence-corrected chi connectivity index (χ2v) is 2.51. The van der Waals surface area contributed by atoms with Gasteiger partial charge in [0.2, 0.25) is 0 Å². The molecular weight excluding hydrogens is 156 g/mol. The molecule has 0 aliphatic rings. The van der Waals surface area contributed by atoms with Crippen molar-refractivity contribution in [3.63, 3.8) is 0 Å². The molecule has 0 saturated heterocycles. The van der Waals surface area contributed by atoms with Crippen LogP contribution in [-0.2, 0) is 5.88 Å². The van der Waals surface area contributed by atoms with Crippen LogP contribution in [0.4, 0.5) is 0 Å². The van der Waals surface area contributed by atoms with Crippen molar-refractivity contribution in [3.8, 4) is 6.07 Å². The lowest BCUT2D eigenvalue weighted by Crippen LogP contribution is -1.75. The summed E-state index contributed by atoms with van der Waals surface area (Å²) in [5.41, 5.74) is 0.776. The van der Waals surface area contributed by atoms with Gasteiger partial charge in [0.05, 0.1) is 11.6 Å². The summed E-state index contributed by atoms with van der Waals surface area (Å²) in [4.78, 5) is 3.87. The fourth-order valence-electron chi connectivity index (χ4n) is 0.420. The van der Waals surface area contributed by atoms with Crippen molar-refractivity contribution in [1.82, 2.24) is 4.98 Å². The maximum atomic E-state index is 8.30. The van der Waals surface area contributed by atoms with Gasteiger partial charge in [-0.1, -0.05) is 0 Å². The first-order valence-electron chi connectivity index (χ1n) is 2.27. The van der Waals surface area contributed by atoms with Crippen LogP contribution in [0.5, 0.6) is 0 Å². The summed E-state index contributed by atoms with van der Waals surface area (Å²) < 4.78 is 0. The van der Waals surface area contributed by atoms with E-state index in [1.54, 1.807) is 5.38 Å². The molecule has 0 aliphatic heterocycles. The van der Waals surface area contributed by atoms with Crippen LogP contribution in [0.3, 0.4) is 0 Å². The van der Waals surface area contributed by atoms with Crippen molar-refractivity contribution in [2.75, 3.05) is 0 Å². The third kappa shape index (κ3) is 1.41. The monoisotopic (exact) mass is 158 g/mol. The highest BCUT2D eigenvalue weighted by atomic mass is 35.5. The van der Waals surface area contributed by atoms with Gasteiger partial charge in [-0.3, -0.25) is 0 Å². The molecule has 0 bridgehead atoms. The fraction of sp³-hybridized carbons (Fsp3) is 0.200. The predicted molar refractivity (Wildman–Crippen MR) is 36.4 cm³/mol. The standard InChI is InChI=1S/C5H3ClN2S/c6-1-4-3-9-5(2-7)8-4/h3H,1H2. The van der Waals surface area contributed by atoms with Crippen LogP contribution in [0.15, 0.2) is 5.38 Å². The molecule has 1 rings (SSSR count). The lowest BCUT2D eigenvalue weighted by atomic mass is 10.6. The van der Waals surface area contributed by atoms with Crippen LogP contribution in [-0.4, -0.2) is 4.98 Å². The van der Waals surface area contributed by atoms with E-state index in [0.717, 1.165) is 5.69 Å². The van der Waals surface area contributed by atoms with Crippen LogP contribution < -0.4 is 0 Å². The van der Waals surface area contributed by atoms with Crippen molar-refractivity contribution in [2.45, 2.75) is 5.88 Å². The van der Waals surface area contributed by atoms with E-state index in [0.29, 0.717) is 10.9 Å². The molecule has 0 unspecified atom stereocenters. The van der Waals surface area contributed by atoms with E-state index in [1.807, 2.05) is 6.07 Å². The first-order valence-corrected chi connectivity index (χ1v) is 3.68. The van der Waals surface area contributed by atoms with Crippen molar-refractivity contribution in [2.24, 2.45) is 0 Å². The van der Waals surface area contributed by atoms with Crippen molar-refractivity contribution < 1.29 is 0 Å². The summed E-state index contributed by atoms with van der Waals surface area (Å²) in [5, 5.41) is 10.6. The Labute approximate surface area is 61.7 Å². The van der Waals surface area contributed by atoms with Gasteiger partial charge in [-0.05, 0) is 0 Å². The number of alkyl halides is 1. The molecule has 0 aliphatic carbocycles. The highest BCUT2D eigenvalue weighted by Crippen LogP contribution is 2.09. The number of hydrogen-bond acceptors (Lipinski definition) is 3. The average molecular weight is 159 g/mol. The summed E-state index contributed by atoms with van der Waals surface area (Å²) >= 11 is 6.75. The minimum Gasteiger partial charge on any atom is -0.230 e. The van der Waals surface area contributed by atoms with E-state index >= 15 is 0 Å². The minimum atomic E-state index is 0.387. The van der Waals surface area contributed by atoms with Gasteiger partial charge in [0, 0.05) is 5.38 Å². The van der Waals surface area contributed by atoms with E-state index < -0.39 is 0 Å². The molecule has 0 spiro atoms. The number of thiazole rings is 1. The first kappa shape index (κ1) is 6.53.